The van der Waals surface area contributed by atoms with Crippen LogP contribution in [0.1, 0.15) is 71.1 Å². The van der Waals surface area contributed by atoms with Crippen molar-refractivity contribution in [2.75, 3.05) is 18.5 Å². The monoisotopic (exact) mass is 291 g/mol. The molecule has 21 heavy (non-hydrogen) atoms. The maximum atomic E-state index is 4.86. The second-order valence-electron chi connectivity index (χ2n) is 6.34. The van der Waals surface area contributed by atoms with Crippen LogP contribution < -0.4 is 10.2 Å². The Hall–Kier alpha value is -1.09. The Morgan fingerprint density at radius 2 is 1.86 bits per heavy atom. The fourth-order valence-corrected chi connectivity index (χ4v) is 2.42. The molecule has 0 aliphatic carbocycles. The van der Waals surface area contributed by atoms with Gasteiger partial charge in [0.1, 0.15) is 5.82 Å². The summed E-state index contributed by atoms with van der Waals surface area (Å²) in [4.78, 5) is 7.18. The molecule has 0 aliphatic rings. The zero-order valence-corrected chi connectivity index (χ0v) is 14.7. The molecule has 1 atom stereocenters. The van der Waals surface area contributed by atoms with Crippen molar-refractivity contribution in [3.63, 3.8) is 0 Å². The molecule has 1 unspecified atom stereocenters. The van der Waals surface area contributed by atoms with Crippen molar-refractivity contribution in [3.05, 3.63) is 23.4 Å². The van der Waals surface area contributed by atoms with Gasteiger partial charge in [-0.25, -0.2) is 4.98 Å². The van der Waals surface area contributed by atoms with E-state index in [0.29, 0.717) is 12.0 Å². The predicted molar refractivity (Wildman–Crippen MR) is 93.1 cm³/mol. The van der Waals surface area contributed by atoms with Gasteiger partial charge in [-0.05, 0) is 49.9 Å². The van der Waals surface area contributed by atoms with Crippen LogP contribution in [0.15, 0.2) is 12.1 Å². The van der Waals surface area contributed by atoms with E-state index < -0.39 is 0 Å². The van der Waals surface area contributed by atoms with Gasteiger partial charge in [-0.2, -0.15) is 0 Å². The van der Waals surface area contributed by atoms with Crippen molar-refractivity contribution in [3.8, 4) is 0 Å². The molecule has 120 valence electrons. The summed E-state index contributed by atoms with van der Waals surface area (Å²) in [5, 5.41) is 3.49. The molecule has 1 aromatic rings. The van der Waals surface area contributed by atoms with Crippen molar-refractivity contribution in [2.24, 2.45) is 0 Å². The van der Waals surface area contributed by atoms with Gasteiger partial charge in [-0.3, -0.25) is 0 Å². The van der Waals surface area contributed by atoms with Gasteiger partial charge in [-0.1, -0.05) is 34.1 Å². The molecule has 1 heterocycles. The lowest BCUT2D eigenvalue weighted by Crippen LogP contribution is -2.30. The van der Waals surface area contributed by atoms with Gasteiger partial charge in [0, 0.05) is 25.3 Å². The number of nitrogens with zero attached hydrogens (tertiary/aromatic N) is 2. The van der Waals surface area contributed by atoms with Crippen molar-refractivity contribution < 1.29 is 0 Å². The number of hydrogen-bond acceptors (Lipinski definition) is 3. The van der Waals surface area contributed by atoms with Gasteiger partial charge in [0.15, 0.2) is 0 Å². The first-order chi connectivity index (χ1) is 9.99. The minimum Gasteiger partial charge on any atom is -0.357 e. The maximum Gasteiger partial charge on any atom is 0.129 e. The fraction of sp³-hybridized carbons (Fsp3) is 0.722. The lowest BCUT2D eigenvalue weighted by atomic mass is 10.1. The van der Waals surface area contributed by atoms with Crippen molar-refractivity contribution in [1.29, 1.82) is 0 Å². The highest BCUT2D eigenvalue weighted by Gasteiger charge is 2.13. The summed E-state index contributed by atoms with van der Waals surface area (Å²) >= 11 is 0. The summed E-state index contributed by atoms with van der Waals surface area (Å²) < 4.78 is 0. The summed E-state index contributed by atoms with van der Waals surface area (Å²) in [6.45, 7) is 13.1. The third-order valence-corrected chi connectivity index (χ3v) is 3.97. The van der Waals surface area contributed by atoms with Crippen LogP contribution in [0.3, 0.4) is 0 Å². The number of pyridine rings is 1. The first-order valence-corrected chi connectivity index (χ1v) is 8.43. The zero-order valence-electron chi connectivity index (χ0n) is 14.7. The minimum absolute atomic E-state index is 0.463. The van der Waals surface area contributed by atoms with Crippen LogP contribution in [-0.2, 0) is 6.54 Å². The molecule has 0 spiro atoms. The Labute approximate surface area is 131 Å². The average Bonchev–Trinajstić information content (AvgIpc) is 2.46. The van der Waals surface area contributed by atoms with E-state index in [9.17, 15) is 0 Å². The summed E-state index contributed by atoms with van der Waals surface area (Å²) in [5.74, 6) is 1.57. The van der Waals surface area contributed by atoms with Gasteiger partial charge < -0.3 is 10.2 Å². The maximum absolute atomic E-state index is 4.86. The number of anilines is 1. The molecule has 0 saturated carbocycles. The lowest BCUT2D eigenvalue weighted by molar-refractivity contribution is 0.608. The van der Waals surface area contributed by atoms with Crippen LogP contribution >= 0.6 is 0 Å². The molecule has 0 aliphatic heterocycles. The van der Waals surface area contributed by atoms with Crippen LogP contribution in [0.4, 0.5) is 5.82 Å². The highest BCUT2D eigenvalue weighted by atomic mass is 15.2. The van der Waals surface area contributed by atoms with Crippen molar-refractivity contribution in [2.45, 2.75) is 72.4 Å². The molecular weight excluding hydrogens is 258 g/mol. The molecule has 0 fully saturated rings. The highest BCUT2D eigenvalue weighted by molar-refractivity contribution is 5.43. The summed E-state index contributed by atoms with van der Waals surface area (Å²) in [5.41, 5.74) is 2.53. The van der Waals surface area contributed by atoms with Crippen molar-refractivity contribution >= 4 is 5.82 Å². The van der Waals surface area contributed by atoms with Gasteiger partial charge in [0.05, 0.1) is 0 Å². The van der Waals surface area contributed by atoms with E-state index in [0.717, 1.165) is 18.9 Å². The van der Waals surface area contributed by atoms with Crippen LogP contribution in [0.5, 0.6) is 0 Å². The van der Waals surface area contributed by atoms with E-state index in [-0.39, 0.29) is 0 Å². The lowest BCUT2D eigenvalue weighted by Gasteiger charge is -2.27. The van der Waals surface area contributed by atoms with Gasteiger partial charge in [0.2, 0.25) is 0 Å². The van der Waals surface area contributed by atoms with Crippen LogP contribution in [0.2, 0.25) is 0 Å². The molecular formula is C18H33N3. The Morgan fingerprint density at radius 3 is 2.43 bits per heavy atom. The Kier molecular flexibility index (Phi) is 7.73. The van der Waals surface area contributed by atoms with Crippen molar-refractivity contribution in [1.82, 2.24) is 10.3 Å². The van der Waals surface area contributed by atoms with E-state index in [1.165, 1.54) is 30.5 Å². The molecule has 0 radical (unpaired) electrons. The third kappa shape index (κ3) is 5.66. The molecule has 0 amide bonds. The minimum atomic E-state index is 0.463. The van der Waals surface area contributed by atoms with E-state index in [4.69, 9.17) is 4.98 Å². The first kappa shape index (κ1) is 18.0. The smallest absolute Gasteiger partial charge is 0.129 e. The molecule has 0 saturated heterocycles. The summed E-state index contributed by atoms with van der Waals surface area (Å²) in [6.07, 6.45) is 3.58. The average molecular weight is 291 g/mol. The second kappa shape index (κ2) is 9.04. The predicted octanol–water partition coefficient (Wildman–Crippen LogP) is 4.33. The van der Waals surface area contributed by atoms with Gasteiger partial charge >= 0.3 is 0 Å². The number of aromatic nitrogens is 1. The van der Waals surface area contributed by atoms with E-state index >= 15 is 0 Å². The number of hydrogen-bond donors (Lipinski definition) is 1. The SMILES string of the molecule is CCCNCc1cc(C(C)C)nc(N(C)C(C)CCC)c1. The molecule has 1 aromatic heterocycles. The molecule has 3 heteroatoms. The molecule has 1 N–H and O–H groups in total. The van der Waals surface area contributed by atoms with Crippen LogP contribution in [0, 0.1) is 0 Å². The largest absolute Gasteiger partial charge is 0.357 e. The topological polar surface area (TPSA) is 28.2 Å². The Balaban J connectivity index is 2.95. The third-order valence-electron chi connectivity index (χ3n) is 3.97. The second-order valence-corrected chi connectivity index (χ2v) is 6.34. The fourth-order valence-electron chi connectivity index (χ4n) is 2.42. The normalized spacial score (nSPS) is 12.7. The van der Waals surface area contributed by atoms with Crippen LogP contribution in [0.25, 0.3) is 0 Å². The molecule has 0 bridgehead atoms. The number of rotatable bonds is 9. The standard InChI is InChI=1S/C18H33N3/c1-7-9-15(5)21(6)18-12-16(13-19-10-8-2)11-17(20-18)14(3)4/h11-12,14-15,19H,7-10,13H2,1-6H3. The number of nitrogens with one attached hydrogen (secondary N) is 1. The first-order valence-electron chi connectivity index (χ1n) is 8.43. The molecule has 3 nitrogen and oxygen atoms in total. The molecule has 0 aromatic carbocycles. The van der Waals surface area contributed by atoms with Gasteiger partial charge in [-0.15, -0.1) is 0 Å². The van der Waals surface area contributed by atoms with Crippen LogP contribution in [-0.4, -0.2) is 24.6 Å². The quantitative estimate of drug-likeness (QED) is 0.686. The Bertz CT molecular complexity index is 415. The molecule has 1 rings (SSSR count). The van der Waals surface area contributed by atoms with E-state index in [2.05, 4.69) is 64.0 Å². The van der Waals surface area contributed by atoms with Gasteiger partial charge in [0.25, 0.3) is 0 Å². The summed E-state index contributed by atoms with van der Waals surface area (Å²) in [6, 6.07) is 5.01. The van der Waals surface area contributed by atoms with E-state index in [1.807, 2.05) is 0 Å². The summed E-state index contributed by atoms with van der Waals surface area (Å²) in [7, 11) is 2.16. The highest BCUT2D eigenvalue weighted by Crippen LogP contribution is 2.22. The zero-order chi connectivity index (χ0) is 15.8. The Morgan fingerprint density at radius 1 is 1.14 bits per heavy atom. The van der Waals surface area contributed by atoms with E-state index in [1.54, 1.807) is 0 Å².